The summed E-state index contributed by atoms with van der Waals surface area (Å²) >= 11 is 6.03. The number of alkyl halides is 3. The minimum absolute atomic E-state index is 0.0725. The molecule has 0 aromatic carbocycles. The van der Waals surface area contributed by atoms with Crippen LogP contribution in [0.4, 0.5) is 23.8 Å². The van der Waals surface area contributed by atoms with Crippen molar-refractivity contribution in [2.75, 3.05) is 25.0 Å². The topological polar surface area (TPSA) is 45.7 Å². The fourth-order valence-corrected chi connectivity index (χ4v) is 3.08. The van der Waals surface area contributed by atoms with Gasteiger partial charge in [-0.1, -0.05) is 11.6 Å². The maximum absolute atomic E-state index is 12.8. The zero-order valence-corrected chi connectivity index (χ0v) is 16.0. The van der Waals surface area contributed by atoms with E-state index in [-0.39, 0.29) is 16.9 Å². The van der Waals surface area contributed by atoms with Crippen LogP contribution in [-0.4, -0.2) is 47.8 Å². The van der Waals surface area contributed by atoms with Crippen LogP contribution >= 0.6 is 11.6 Å². The van der Waals surface area contributed by atoms with Crippen molar-refractivity contribution in [2.45, 2.75) is 51.4 Å². The van der Waals surface area contributed by atoms with E-state index in [0.29, 0.717) is 13.1 Å². The van der Waals surface area contributed by atoms with E-state index in [1.807, 2.05) is 0 Å². The first kappa shape index (κ1) is 20.6. The first-order valence-electron chi connectivity index (χ1n) is 8.32. The first-order chi connectivity index (χ1) is 11.9. The van der Waals surface area contributed by atoms with Gasteiger partial charge in [-0.15, -0.1) is 0 Å². The highest BCUT2D eigenvalue weighted by molar-refractivity contribution is 6.33. The lowest BCUT2D eigenvalue weighted by Gasteiger charge is -2.38. The van der Waals surface area contributed by atoms with Gasteiger partial charge in [-0.25, -0.2) is 9.78 Å². The normalized spacial score (nSPS) is 18.6. The third-order valence-electron chi connectivity index (χ3n) is 4.08. The molecular formula is C17H23ClF3N3O2. The first-order valence-corrected chi connectivity index (χ1v) is 8.70. The standard InChI is InChI=1S/C17H23ClF3N3O2/c1-16(2,3)26-15(25)24-7-5-6-12(10-24)23(4)14-13(18)8-11(9-22-14)17(19,20)21/h8-9,12H,5-7,10H2,1-4H3. The Hall–Kier alpha value is -1.70. The molecule has 2 heterocycles. The summed E-state index contributed by atoms with van der Waals surface area (Å²) in [6.45, 7) is 6.36. The monoisotopic (exact) mass is 393 g/mol. The van der Waals surface area contributed by atoms with Crippen molar-refractivity contribution in [3.8, 4) is 0 Å². The zero-order valence-electron chi connectivity index (χ0n) is 15.2. The van der Waals surface area contributed by atoms with Crippen LogP contribution in [0.1, 0.15) is 39.2 Å². The average Bonchev–Trinajstić information content (AvgIpc) is 2.52. The number of rotatable bonds is 2. The molecule has 1 fully saturated rings. The molecule has 26 heavy (non-hydrogen) atoms. The third kappa shape index (κ3) is 5.16. The molecule has 1 aromatic heterocycles. The van der Waals surface area contributed by atoms with Crippen molar-refractivity contribution in [1.29, 1.82) is 0 Å². The second-order valence-electron chi connectivity index (χ2n) is 7.36. The van der Waals surface area contributed by atoms with Gasteiger partial charge in [-0.05, 0) is 39.7 Å². The number of hydrogen-bond donors (Lipinski definition) is 0. The van der Waals surface area contributed by atoms with Crippen LogP contribution in [0, 0.1) is 0 Å². The molecular weight excluding hydrogens is 371 g/mol. The Labute approximate surface area is 156 Å². The van der Waals surface area contributed by atoms with Gasteiger partial charge in [0.05, 0.1) is 10.6 Å². The molecule has 0 bridgehead atoms. The Morgan fingerprint density at radius 1 is 1.38 bits per heavy atom. The van der Waals surface area contributed by atoms with Gasteiger partial charge in [-0.3, -0.25) is 0 Å². The molecule has 9 heteroatoms. The number of carbonyl (C=O) groups is 1. The molecule has 0 N–H and O–H groups in total. The summed E-state index contributed by atoms with van der Waals surface area (Å²) in [7, 11) is 1.71. The van der Waals surface area contributed by atoms with Crippen LogP contribution in [-0.2, 0) is 10.9 Å². The number of carbonyl (C=O) groups excluding carboxylic acids is 1. The molecule has 1 aliphatic heterocycles. The van der Waals surface area contributed by atoms with Gasteiger partial charge in [0.2, 0.25) is 0 Å². The van der Waals surface area contributed by atoms with Gasteiger partial charge in [0.15, 0.2) is 0 Å². The van der Waals surface area contributed by atoms with Gasteiger partial charge < -0.3 is 14.5 Å². The molecule has 1 amide bonds. The Morgan fingerprint density at radius 2 is 2.04 bits per heavy atom. The molecule has 146 valence electrons. The van der Waals surface area contributed by atoms with Crippen LogP contribution in [0.3, 0.4) is 0 Å². The van der Waals surface area contributed by atoms with Crippen molar-refractivity contribution < 1.29 is 22.7 Å². The molecule has 0 aliphatic carbocycles. The Bertz CT molecular complexity index is 662. The number of aromatic nitrogens is 1. The fourth-order valence-electron chi connectivity index (χ4n) is 2.78. The number of hydrogen-bond acceptors (Lipinski definition) is 4. The summed E-state index contributed by atoms with van der Waals surface area (Å²) < 4.78 is 43.7. The lowest BCUT2D eigenvalue weighted by Crippen LogP contribution is -2.50. The highest BCUT2D eigenvalue weighted by Gasteiger charge is 2.33. The van der Waals surface area contributed by atoms with Gasteiger partial charge in [0, 0.05) is 32.4 Å². The van der Waals surface area contributed by atoms with E-state index in [4.69, 9.17) is 16.3 Å². The quantitative estimate of drug-likeness (QED) is 0.737. The molecule has 1 aliphatic rings. The number of amides is 1. The average molecular weight is 394 g/mol. The Kier molecular flexibility index (Phi) is 5.95. The van der Waals surface area contributed by atoms with Crippen LogP contribution in [0.5, 0.6) is 0 Å². The molecule has 0 radical (unpaired) electrons. The molecule has 2 rings (SSSR count). The van der Waals surface area contributed by atoms with Gasteiger partial charge in [0.1, 0.15) is 11.4 Å². The number of likely N-dealkylation sites (tertiary alicyclic amines) is 1. The zero-order chi connectivity index (χ0) is 19.7. The summed E-state index contributed by atoms with van der Waals surface area (Å²) in [6.07, 6.45) is -2.60. The summed E-state index contributed by atoms with van der Waals surface area (Å²) in [4.78, 5) is 19.5. The predicted molar refractivity (Wildman–Crippen MR) is 93.5 cm³/mol. The van der Waals surface area contributed by atoms with Crippen LogP contribution in [0.15, 0.2) is 12.3 Å². The second kappa shape index (κ2) is 7.50. The van der Waals surface area contributed by atoms with Crippen molar-refractivity contribution in [1.82, 2.24) is 9.88 Å². The summed E-state index contributed by atoms with van der Waals surface area (Å²) in [5.41, 5.74) is -1.48. The maximum Gasteiger partial charge on any atom is 0.417 e. The highest BCUT2D eigenvalue weighted by atomic mass is 35.5. The van der Waals surface area contributed by atoms with E-state index >= 15 is 0 Å². The molecule has 1 atom stereocenters. The number of pyridine rings is 1. The highest BCUT2D eigenvalue weighted by Crippen LogP contribution is 2.34. The number of halogens is 4. The number of piperidine rings is 1. The largest absolute Gasteiger partial charge is 0.444 e. The maximum atomic E-state index is 12.8. The SMILES string of the molecule is CN(c1ncc(C(F)(F)F)cc1Cl)C1CCCN(C(=O)OC(C)(C)C)C1. The van der Waals surface area contributed by atoms with Crippen LogP contribution in [0.25, 0.3) is 0 Å². The third-order valence-corrected chi connectivity index (χ3v) is 4.36. The van der Waals surface area contributed by atoms with E-state index in [1.165, 1.54) is 0 Å². The summed E-state index contributed by atoms with van der Waals surface area (Å²) in [5.74, 6) is 0.260. The van der Waals surface area contributed by atoms with E-state index in [0.717, 1.165) is 25.1 Å². The van der Waals surface area contributed by atoms with Gasteiger partial charge in [0.25, 0.3) is 0 Å². The van der Waals surface area contributed by atoms with Crippen molar-refractivity contribution in [3.63, 3.8) is 0 Å². The molecule has 1 aromatic rings. The Morgan fingerprint density at radius 3 is 2.58 bits per heavy atom. The van der Waals surface area contributed by atoms with Crippen LogP contribution < -0.4 is 4.90 Å². The summed E-state index contributed by atoms with van der Waals surface area (Å²) in [5, 5.41) is -0.0725. The van der Waals surface area contributed by atoms with Gasteiger partial charge in [-0.2, -0.15) is 13.2 Å². The van der Waals surface area contributed by atoms with E-state index in [9.17, 15) is 18.0 Å². The lowest BCUT2D eigenvalue weighted by molar-refractivity contribution is -0.137. The van der Waals surface area contributed by atoms with E-state index in [2.05, 4.69) is 4.98 Å². The molecule has 0 saturated carbocycles. The summed E-state index contributed by atoms with van der Waals surface area (Å²) in [6, 6.07) is 0.757. The molecule has 5 nitrogen and oxygen atoms in total. The van der Waals surface area contributed by atoms with Crippen molar-refractivity contribution >= 4 is 23.5 Å². The lowest BCUT2D eigenvalue weighted by atomic mass is 10.0. The van der Waals surface area contributed by atoms with Crippen molar-refractivity contribution in [2.24, 2.45) is 0 Å². The van der Waals surface area contributed by atoms with Crippen molar-refractivity contribution in [3.05, 3.63) is 22.8 Å². The number of likely N-dealkylation sites (N-methyl/N-ethyl adjacent to an activating group) is 1. The minimum atomic E-state index is -4.49. The van der Waals surface area contributed by atoms with Crippen LogP contribution in [0.2, 0.25) is 5.02 Å². The van der Waals surface area contributed by atoms with E-state index in [1.54, 1.807) is 37.6 Å². The number of ether oxygens (including phenoxy) is 1. The number of anilines is 1. The minimum Gasteiger partial charge on any atom is -0.444 e. The molecule has 0 spiro atoms. The Balaban J connectivity index is 2.12. The smallest absolute Gasteiger partial charge is 0.417 e. The van der Waals surface area contributed by atoms with E-state index < -0.39 is 23.4 Å². The number of nitrogens with zero attached hydrogens (tertiary/aromatic N) is 3. The van der Waals surface area contributed by atoms with Gasteiger partial charge >= 0.3 is 12.3 Å². The molecule has 1 saturated heterocycles. The molecule has 1 unspecified atom stereocenters. The second-order valence-corrected chi connectivity index (χ2v) is 7.77. The predicted octanol–water partition coefficient (Wildman–Crippen LogP) is 4.59. The fraction of sp³-hybridized carbons (Fsp3) is 0.647.